The molecule has 6 heteroatoms. The number of alkyl halides is 3. The summed E-state index contributed by atoms with van der Waals surface area (Å²) >= 11 is -0.0569. The number of benzene rings is 2. The Hall–Kier alpha value is -2.04. The van der Waals surface area contributed by atoms with Crippen molar-refractivity contribution in [2.75, 3.05) is 0 Å². The van der Waals surface area contributed by atoms with Gasteiger partial charge in [0.1, 0.15) is 0 Å². The first kappa shape index (κ1) is 17.3. The molecule has 0 N–H and O–H groups in total. The predicted octanol–water partition coefficient (Wildman–Crippen LogP) is 3.63. The van der Waals surface area contributed by atoms with Crippen molar-refractivity contribution in [2.24, 2.45) is 0 Å². The third-order valence-electron chi connectivity index (χ3n) is 2.79. The molecule has 120 valence electrons. The second kappa shape index (κ2) is 7.49. The fraction of sp³-hybridized carbons (Fsp3) is 0.118. The van der Waals surface area contributed by atoms with E-state index in [9.17, 15) is 18.0 Å². The zero-order valence-corrected chi connectivity index (χ0v) is 13.8. The SMILES string of the molecule is CC(=O)Oc1ccc(/C=C/[Se]c2ccc(C(F)(F)F)cc2)cc1. The summed E-state index contributed by atoms with van der Waals surface area (Å²) in [6.07, 6.45) is -2.42. The van der Waals surface area contributed by atoms with Crippen LogP contribution in [-0.2, 0) is 11.0 Å². The molecule has 23 heavy (non-hydrogen) atoms. The Bertz CT molecular complexity index is 689. The molecule has 0 aromatic heterocycles. The van der Waals surface area contributed by atoms with Crippen LogP contribution < -0.4 is 9.20 Å². The quantitative estimate of drug-likeness (QED) is 0.457. The van der Waals surface area contributed by atoms with Gasteiger partial charge in [-0.25, -0.2) is 0 Å². The minimum atomic E-state index is -4.30. The van der Waals surface area contributed by atoms with E-state index in [1.165, 1.54) is 19.1 Å². The van der Waals surface area contributed by atoms with Gasteiger partial charge in [0.05, 0.1) is 0 Å². The molecule has 2 aromatic rings. The molecule has 0 bridgehead atoms. The van der Waals surface area contributed by atoms with E-state index in [2.05, 4.69) is 0 Å². The molecule has 0 heterocycles. The predicted molar refractivity (Wildman–Crippen MR) is 83.6 cm³/mol. The Labute approximate surface area is 138 Å². The zero-order valence-electron chi connectivity index (χ0n) is 12.1. The summed E-state index contributed by atoms with van der Waals surface area (Å²) < 4.78 is 43.2. The van der Waals surface area contributed by atoms with Crippen molar-refractivity contribution < 1.29 is 22.7 Å². The number of ether oxygens (including phenoxy) is 1. The van der Waals surface area contributed by atoms with Crippen LogP contribution in [0.5, 0.6) is 5.75 Å². The molecule has 0 fully saturated rings. The maximum absolute atomic E-state index is 12.5. The fourth-order valence-corrected chi connectivity index (χ4v) is 3.14. The molecule has 2 nitrogen and oxygen atoms in total. The van der Waals surface area contributed by atoms with Crippen LogP contribution in [0.25, 0.3) is 6.08 Å². The van der Waals surface area contributed by atoms with Gasteiger partial charge in [0.2, 0.25) is 0 Å². The van der Waals surface area contributed by atoms with Gasteiger partial charge >= 0.3 is 138 Å². The molecule has 0 saturated heterocycles. The number of esters is 1. The molecule has 0 saturated carbocycles. The molecule has 0 spiro atoms. The van der Waals surface area contributed by atoms with Crippen LogP contribution >= 0.6 is 0 Å². The first-order chi connectivity index (χ1) is 10.8. The van der Waals surface area contributed by atoms with Gasteiger partial charge in [-0.2, -0.15) is 0 Å². The standard InChI is InChI=1S/C17H13F3O2Se/c1-12(21)22-15-6-2-13(3-7-15)10-11-23-16-8-4-14(5-9-16)17(18,19)20/h2-11H,1H3/b11-10+. The second-order valence-corrected chi connectivity index (χ2v) is 6.66. The summed E-state index contributed by atoms with van der Waals surface area (Å²) in [6.45, 7) is 1.33. The van der Waals surface area contributed by atoms with Crippen LogP contribution in [0.15, 0.2) is 53.5 Å². The molecule has 2 rings (SSSR count). The molecule has 0 aliphatic rings. The first-order valence-corrected chi connectivity index (χ1v) is 8.48. The molecule has 0 atom stereocenters. The third-order valence-corrected chi connectivity index (χ3v) is 4.50. The fourth-order valence-electron chi connectivity index (χ4n) is 1.73. The van der Waals surface area contributed by atoms with Crippen LogP contribution in [0.4, 0.5) is 13.2 Å². The molecule has 0 unspecified atom stereocenters. The van der Waals surface area contributed by atoms with Gasteiger partial charge in [0.15, 0.2) is 0 Å². The van der Waals surface area contributed by atoms with Crippen LogP contribution in [0.3, 0.4) is 0 Å². The Morgan fingerprint density at radius 3 is 2.17 bits per heavy atom. The van der Waals surface area contributed by atoms with Crippen LogP contribution in [-0.4, -0.2) is 20.9 Å². The number of rotatable bonds is 4. The first-order valence-electron chi connectivity index (χ1n) is 6.63. The van der Waals surface area contributed by atoms with E-state index in [1.54, 1.807) is 24.3 Å². The monoisotopic (exact) mass is 386 g/mol. The molecule has 0 radical (unpaired) electrons. The van der Waals surface area contributed by atoms with Crippen molar-refractivity contribution in [2.45, 2.75) is 13.1 Å². The van der Waals surface area contributed by atoms with Gasteiger partial charge in [-0.15, -0.1) is 0 Å². The van der Waals surface area contributed by atoms with Crippen molar-refractivity contribution in [3.05, 3.63) is 64.6 Å². The van der Waals surface area contributed by atoms with Crippen molar-refractivity contribution >= 4 is 31.5 Å². The molecular formula is C17H13F3O2Se. The number of hydrogen-bond acceptors (Lipinski definition) is 2. The summed E-state index contributed by atoms with van der Waals surface area (Å²) in [5.41, 5.74) is 0.289. The van der Waals surface area contributed by atoms with E-state index in [0.29, 0.717) is 5.75 Å². The van der Waals surface area contributed by atoms with Crippen LogP contribution in [0.2, 0.25) is 0 Å². The Morgan fingerprint density at radius 2 is 1.65 bits per heavy atom. The maximum atomic E-state index is 12.5. The summed E-state index contributed by atoms with van der Waals surface area (Å²) in [5.74, 6) is 0.0989. The van der Waals surface area contributed by atoms with Crippen molar-refractivity contribution in [1.29, 1.82) is 0 Å². The van der Waals surface area contributed by atoms with Gasteiger partial charge in [-0.05, 0) is 0 Å². The van der Waals surface area contributed by atoms with E-state index in [1.807, 2.05) is 11.1 Å². The molecule has 0 aliphatic carbocycles. The van der Waals surface area contributed by atoms with Crippen molar-refractivity contribution in [1.82, 2.24) is 0 Å². The molecule has 0 aliphatic heterocycles. The van der Waals surface area contributed by atoms with Gasteiger partial charge in [-0.1, -0.05) is 0 Å². The van der Waals surface area contributed by atoms with Crippen molar-refractivity contribution in [3.8, 4) is 5.75 Å². The number of carbonyl (C=O) groups is 1. The number of carbonyl (C=O) groups excluding carboxylic acids is 1. The number of halogens is 3. The molecule has 0 amide bonds. The van der Waals surface area contributed by atoms with Gasteiger partial charge in [0.25, 0.3) is 0 Å². The minimum absolute atomic E-state index is 0.0569. The van der Waals surface area contributed by atoms with Gasteiger partial charge in [-0.3, -0.25) is 0 Å². The Kier molecular flexibility index (Phi) is 5.64. The molecule has 2 aromatic carbocycles. The van der Waals surface area contributed by atoms with Crippen LogP contribution in [0.1, 0.15) is 18.1 Å². The van der Waals surface area contributed by atoms with E-state index in [0.717, 1.165) is 22.2 Å². The Balaban J connectivity index is 1.95. The Morgan fingerprint density at radius 1 is 1.04 bits per heavy atom. The average Bonchev–Trinajstić information content (AvgIpc) is 2.48. The third kappa shape index (κ3) is 5.58. The van der Waals surface area contributed by atoms with Crippen LogP contribution in [0, 0.1) is 0 Å². The summed E-state index contributed by atoms with van der Waals surface area (Å²) in [7, 11) is 0. The second-order valence-electron chi connectivity index (χ2n) is 4.61. The summed E-state index contributed by atoms with van der Waals surface area (Å²) in [6, 6.07) is 12.2. The zero-order chi connectivity index (χ0) is 16.9. The van der Waals surface area contributed by atoms with E-state index < -0.39 is 11.7 Å². The van der Waals surface area contributed by atoms with E-state index in [-0.39, 0.29) is 20.9 Å². The number of hydrogen-bond donors (Lipinski definition) is 0. The topological polar surface area (TPSA) is 26.3 Å². The van der Waals surface area contributed by atoms with Crippen molar-refractivity contribution in [3.63, 3.8) is 0 Å². The average molecular weight is 385 g/mol. The molecular weight excluding hydrogens is 372 g/mol. The van der Waals surface area contributed by atoms with E-state index >= 15 is 0 Å². The normalized spacial score (nSPS) is 11.7. The van der Waals surface area contributed by atoms with Gasteiger partial charge in [0, 0.05) is 0 Å². The summed E-state index contributed by atoms with van der Waals surface area (Å²) in [4.78, 5) is 12.7. The van der Waals surface area contributed by atoms with E-state index in [4.69, 9.17) is 4.74 Å². The van der Waals surface area contributed by atoms with Gasteiger partial charge < -0.3 is 0 Å². The summed E-state index contributed by atoms with van der Waals surface area (Å²) in [5, 5.41) is 0.